The Hall–Kier alpha value is -0.900. The molecule has 0 bridgehead atoms. The highest BCUT2D eigenvalue weighted by molar-refractivity contribution is 5.15. The maximum atomic E-state index is 8.91. The Kier molecular flexibility index (Phi) is 5.83. The monoisotopic (exact) mass is 263 g/mol. The normalized spacial score (nSPS) is 25.2. The van der Waals surface area contributed by atoms with Gasteiger partial charge in [-0.15, -0.1) is 0 Å². The zero-order valence-corrected chi connectivity index (χ0v) is 11.5. The van der Waals surface area contributed by atoms with Crippen molar-refractivity contribution in [2.45, 2.75) is 44.2 Å². The zero-order valence-electron chi connectivity index (χ0n) is 11.5. The van der Waals surface area contributed by atoms with Crippen LogP contribution < -0.4 is 5.73 Å². The third-order valence-electron chi connectivity index (χ3n) is 3.88. The summed E-state index contributed by atoms with van der Waals surface area (Å²) in [6.07, 6.45) is 6.24. The molecule has 3 N–H and O–H groups in total. The highest BCUT2D eigenvalue weighted by atomic mass is 16.5. The molecule has 1 aromatic rings. The lowest BCUT2D eigenvalue weighted by Gasteiger charge is -2.30. The average Bonchev–Trinajstić information content (AvgIpc) is 2.46. The molecule has 1 aliphatic rings. The van der Waals surface area contributed by atoms with Crippen molar-refractivity contribution in [3.8, 4) is 0 Å². The van der Waals surface area contributed by atoms with Crippen LogP contribution in [0, 0.1) is 5.92 Å². The van der Waals surface area contributed by atoms with Crippen LogP contribution in [0.4, 0.5) is 0 Å². The van der Waals surface area contributed by atoms with E-state index in [4.69, 9.17) is 15.6 Å². The van der Waals surface area contributed by atoms with Crippen LogP contribution in [0.1, 0.15) is 31.2 Å². The van der Waals surface area contributed by atoms with Gasteiger partial charge in [-0.05, 0) is 37.2 Å². The Morgan fingerprint density at radius 2 is 2.05 bits per heavy atom. The first-order valence-electron chi connectivity index (χ1n) is 7.30. The fraction of sp³-hybridized carbons (Fsp3) is 0.625. The van der Waals surface area contributed by atoms with Gasteiger partial charge in [0, 0.05) is 0 Å². The van der Waals surface area contributed by atoms with E-state index in [0.717, 1.165) is 19.3 Å². The number of benzene rings is 1. The lowest BCUT2D eigenvalue weighted by Crippen LogP contribution is -2.34. The van der Waals surface area contributed by atoms with E-state index < -0.39 is 0 Å². The molecular weight excluding hydrogens is 238 g/mol. The van der Waals surface area contributed by atoms with E-state index in [9.17, 15) is 0 Å². The third-order valence-corrected chi connectivity index (χ3v) is 3.88. The molecule has 0 radical (unpaired) electrons. The van der Waals surface area contributed by atoms with E-state index in [-0.39, 0.29) is 12.6 Å². The third kappa shape index (κ3) is 4.94. The molecule has 1 saturated carbocycles. The number of nitrogens with two attached hydrogens (primary N) is 1. The summed E-state index contributed by atoms with van der Waals surface area (Å²) in [6, 6.07) is 10.4. The van der Waals surface area contributed by atoms with Gasteiger partial charge in [0.05, 0.1) is 25.4 Å². The Bertz CT molecular complexity index is 355. The summed E-state index contributed by atoms with van der Waals surface area (Å²) in [5, 5.41) is 8.91. The molecule has 106 valence electrons. The minimum atomic E-state index is -0.241. The van der Waals surface area contributed by atoms with Crippen molar-refractivity contribution in [3.05, 3.63) is 35.9 Å². The molecule has 1 fully saturated rings. The zero-order chi connectivity index (χ0) is 13.5. The summed E-state index contributed by atoms with van der Waals surface area (Å²) in [4.78, 5) is 0. The van der Waals surface area contributed by atoms with Crippen molar-refractivity contribution >= 4 is 0 Å². The predicted molar refractivity (Wildman–Crippen MR) is 76.9 cm³/mol. The molecule has 2 rings (SSSR count). The molecule has 3 unspecified atom stereocenters. The summed E-state index contributed by atoms with van der Waals surface area (Å²) in [7, 11) is 0. The Morgan fingerprint density at radius 1 is 1.26 bits per heavy atom. The molecule has 3 heteroatoms. The molecule has 0 aliphatic heterocycles. The average molecular weight is 263 g/mol. The summed E-state index contributed by atoms with van der Waals surface area (Å²) in [5.74, 6) is 0.714. The van der Waals surface area contributed by atoms with Crippen molar-refractivity contribution in [1.82, 2.24) is 0 Å². The Labute approximate surface area is 115 Å². The van der Waals surface area contributed by atoms with Gasteiger partial charge in [-0.3, -0.25) is 0 Å². The highest BCUT2D eigenvalue weighted by Crippen LogP contribution is 2.29. The van der Waals surface area contributed by atoms with E-state index in [0.29, 0.717) is 18.6 Å². The SMILES string of the molecule is NC(CO)COC1CCCC(Cc2ccccc2)C1. The van der Waals surface area contributed by atoms with Gasteiger partial charge in [-0.25, -0.2) is 0 Å². The molecule has 19 heavy (non-hydrogen) atoms. The molecular formula is C16H25NO2. The van der Waals surface area contributed by atoms with Crippen LogP contribution in [0.25, 0.3) is 0 Å². The highest BCUT2D eigenvalue weighted by Gasteiger charge is 2.23. The van der Waals surface area contributed by atoms with Crippen molar-refractivity contribution in [2.75, 3.05) is 13.2 Å². The summed E-state index contributed by atoms with van der Waals surface area (Å²) in [6.45, 7) is 0.472. The summed E-state index contributed by atoms with van der Waals surface area (Å²) in [5.41, 5.74) is 7.09. The first kappa shape index (κ1) is 14.5. The minimum absolute atomic E-state index is 0.000163. The standard InChI is InChI=1S/C16H25NO2/c17-15(11-18)12-19-16-8-4-7-14(10-16)9-13-5-2-1-3-6-13/h1-3,5-6,14-16,18H,4,7-12,17H2. The van der Waals surface area contributed by atoms with Crippen molar-refractivity contribution < 1.29 is 9.84 Å². The van der Waals surface area contributed by atoms with Gasteiger partial charge < -0.3 is 15.6 Å². The van der Waals surface area contributed by atoms with Gasteiger partial charge in [0.1, 0.15) is 0 Å². The number of aliphatic hydroxyl groups is 1. The number of hydrogen-bond donors (Lipinski definition) is 2. The molecule has 3 atom stereocenters. The van der Waals surface area contributed by atoms with Gasteiger partial charge >= 0.3 is 0 Å². The Morgan fingerprint density at radius 3 is 2.79 bits per heavy atom. The number of aliphatic hydroxyl groups excluding tert-OH is 1. The number of hydrogen-bond acceptors (Lipinski definition) is 3. The fourth-order valence-electron chi connectivity index (χ4n) is 2.84. The van der Waals surface area contributed by atoms with Crippen LogP contribution in [-0.4, -0.2) is 30.5 Å². The van der Waals surface area contributed by atoms with Crippen LogP contribution in [0.15, 0.2) is 30.3 Å². The number of ether oxygens (including phenoxy) is 1. The maximum absolute atomic E-state index is 8.91. The molecule has 3 nitrogen and oxygen atoms in total. The molecule has 1 aromatic carbocycles. The second-order valence-electron chi connectivity index (χ2n) is 5.62. The van der Waals surface area contributed by atoms with Gasteiger partial charge in [0.2, 0.25) is 0 Å². The quantitative estimate of drug-likeness (QED) is 0.826. The van der Waals surface area contributed by atoms with Gasteiger partial charge in [0.15, 0.2) is 0 Å². The molecule has 0 aromatic heterocycles. The lowest BCUT2D eigenvalue weighted by molar-refractivity contribution is 0.000276. The van der Waals surface area contributed by atoms with Crippen molar-refractivity contribution in [2.24, 2.45) is 11.7 Å². The predicted octanol–water partition coefficient (Wildman–Crippen LogP) is 2.12. The molecule has 0 heterocycles. The molecule has 0 spiro atoms. The maximum Gasteiger partial charge on any atom is 0.0643 e. The van der Waals surface area contributed by atoms with Crippen LogP contribution in [0.3, 0.4) is 0 Å². The minimum Gasteiger partial charge on any atom is -0.395 e. The Balaban J connectivity index is 1.77. The molecule has 0 saturated heterocycles. The fourth-order valence-corrected chi connectivity index (χ4v) is 2.84. The molecule has 0 amide bonds. The van der Waals surface area contributed by atoms with E-state index in [1.54, 1.807) is 0 Å². The second-order valence-corrected chi connectivity index (χ2v) is 5.62. The van der Waals surface area contributed by atoms with Crippen LogP contribution >= 0.6 is 0 Å². The van der Waals surface area contributed by atoms with Gasteiger partial charge in [-0.2, -0.15) is 0 Å². The van der Waals surface area contributed by atoms with Crippen molar-refractivity contribution in [1.29, 1.82) is 0 Å². The topological polar surface area (TPSA) is 55.5 Å². The first-order valence-corrected chi connectivity index (χ1v) is 7.30. The van der Waals surface area contributed by atoms with Crippen molar-refractivity contribution in [3.63, 3.8) is 0 Å². The van der Waals surface area contributed by atoms with Gasteiger partial charge in [-0.1, -0.05) is 36.8 Å². The van der Waals surface area contributed by atoms with E-state index >= 15 is 0 Å². The lowest BCUT2D eigenvalue weighted by atomic mass is 9.83. The number of rotatable bonds is 6. The van der Waals surface area contributed by atoms with Crippen LogP contribution in [0.5, 0.6) is 0 Å². The second kappa shape index (κ2) is 7.63. The molecule has 1 aliphatic carbocycles. The first-order chi connectivity index (χ1) is 9.28. The largest absolute Gasteiger partial charge is 0.395 e. The van der Waals surface area contributed by atoms with Crippen LogP contribution in [-0.2, 0) is 11.2 Å². The van der Waals surface area contributed by atoms with Gasteiger partial charge in [0.25, 0.3) is 0 Å². The van der Waals surface area contributed by atoms with Crippen LogP contribution in [0.2, 0.25) is 0 Å². The van der Waals surface area contributed by atoms with E-state index in [1.165, 1.54) is 18.4 Å². The van der Waals surface area contributed by atoms with E-state index in [1.807, 2.05) is 0 Å². The summed E-state index contributed by atoms with van der Waals surface area (Å²) < 4.78 is 5.82. The summed E-state index contributed by atoms with van der Waals surface area (Å²) >= 11 is 0. The van der Waals surface area contributed by atoms with E-state index in [2.05, 4.69) is 30.3 Å². The smallest absolute Gasteiger partial charge is 0.0643 e.